The summed E-state index contributed by atoms with van der Waals surface area (Å²) >= 11 is 0. The third-order valence-corrected chi connectivity index (χ3v) is 2.93. The molecule has 3 nitrogen and oxygen atoms in total. The van der Waals surface area contributed by atoms with Gasteiger partial charge < -0.3 is 10.5 Å². The molecule has 1 aliphatic rings. The van der Waals surface area contributed by atoms with Crippen molar-refractivity contribution in [3.8, 4) is 0 Å². The first-order chi connectivity index (χ1) is 7.45. The Kier molecular flexibility index (Phi) is 4.58. The molecule has 16 heavy (non-hydrogen) atoms. The zero-order valence-corrected chi connectivity index (χ0v) is 9.52. The second-order valence-corrected chi connectivity index (χ2v) is 4.09. The van der Waals surface area contributed by atoms with Crippen LogP contribution >= 0.6 is 0 Å². The van der Waals surface area contributed by atoms with E-state index >= 15 is 0 Å². The molecule has 0 spiro atoms. The number of hydrogen-bond acceptors (Lipinski definition) is 3. The van der Waals surface area contributed by atoms with Crippen LogP contribution in [0.1, 0.15) is 19.8 Å². The van der Waals surface area contributed by atoms with Gasteiger partial charge in [-0.1, -0.05) is 0 Å². The molecule has 1 atom stereocenters. The van der Waals surface area contributed by atoms with Gasteiger partial charge in [0.25, 0.3) is 0 Å². The maximum absolute atomic E-state index is 12.9. The summed E-state index contributed by atoms with van der Waals surface area (Å²) in [6.07, 6.45) is -3.55. The van der Waals surface area contributed by atoms with Gasteiger partial charge in [-0.3, -0.25) is 4.90 Å². The molecule has 0 bridgehead atoms. The molecule has 1 fully saturated rings. The average molecular weight is 240 g/mol. The zero-order valence-electron chi connectivity index (χ0n) is 9.52. The molecule has 0 aromatic rings. The predicted molar refractivity (Wildman–Crippen MR) is 55.1 cm³/mol. The van der Waals surface area contributed by atoms with Crippen LogP contribution in [0.4, 0.5) is 13.2 Å². The number of halogens is 3. The normalized spacial score (nSPS) is 27.6. The van der Waals surface area contributed by atoms with E-state index in [4.69, 9.17) is 10.5 Å². The third kappa shape index (κ3) is 2.87. The molecular formula is C10H19F3N2O. The second-order valence-electron chi connectivity index (χ2n) is 4.09. The Morgan fingerprint density at radius 1 is 1.44 bits per heavy atom. The van der Waals surface area contributed by atoms with Crippen molar-refractivity contribution in [2.24, 2.45) is 5.73 Å². The molecule has 0 amide bonds. The lowest BCUT2D eigenvalue weighted by Gasteiger charge is -2.31. The van der Waals surface area contributed by atoms with E-state index in [0.29, 0.717) is 19.6 Å². The molecule has 0 radical (unpaired) electrons. The van der Waals surface area contributed by atoms with Crippen LogP contribution in [0.3, 0.4) is 0 Å². The van der Waals surface area contributed by atoms with Gasteiger partial charge in [0, 0.05) is 19.7 Å². The summed E-state index contributed by atoms with van der Waals surface area (Å²) in [5.41, 5.74) is 3.38. The van der Waals surface area contributed by atoms with E-state index in [1.54, 1.807) is 11.8 Å². The number of likely N-dealkylation sites (tertiary alicyclic amines) is 1. The summed E-state index contributed by atoms with van der Waals surface area (Å²) in [5, 5.41) is 0. The standard InChI is InChI=1S/C10H19F3N2O/c1-2-16-9(10(11,12)13)4-7-15(8-9)6-3-5-14/h2-8,14H2,1H3/t9-/m0/s1. The Morgan fingerprint density at radius 2 is 2.12 bits per heavy atom. The van der Waals surface area contributed by atoms with Gasteiger partial charge >= 0.3 is 6.18 Å². The van der Waals surface area contributed by atoms with Gasteiger partial charge in [0.15, 0.2) is 5.60 Å². The Labute approximate surface area is 93.7 Å². The van der Waals surface area contributed by atoms with E-state index in [-0.39, 0.29) is 19.6 Å². The van der Waals surface area contributed by atoms with E-state index in [0.717, 1.165) is 6.42 Å². The van der Waals surface area contributed by atoms with Crippen LogP contribution in [0.15, 0.2) is 0 Å². The van der Waals surface area contributed by atoms with E-state index < -0.39 is 11.8 Å². The first kappa shape index (κ1) is 13.7. The van der Waals surface area contributed by atoms with E-state index in [2.05, 4.69) is 0 Å². The minimum Gasteiger partial charge on any atom is -0.364 e. The van der Waals surface area contributed by atoms with Gasteiger partial charge in [-0.2, -0.15) is 13.2 Å². The van der Waals surface area contributed by atoms with Crippen molar-refractivity contribution in [1.82, 2.24) is 4.90 Å². The van der Waals surface area contributed by atoms with Gasteiger partial charge in [-0.25, -0.2) is 0 Å². The van der Waals surface area contributed by atoms with Crippen molar-refractivity contribution in [1.29, 1.82) is 0 Å². The largest absolute Gasteiger partial charge is 0.418 e. The first-order valence-electron chi connectivity index (χ1n) is 5.58. The zero-order chi connectivity index (χ0) is 12.2. The van der Waals surface area contributed by atoms with Gasteiger partial charge in [0.1, 0.15) is 0 Å². The van der Waals surface area contributed by atoms with Crippen molar-refractivity contribution in [3.63, 3.8) is 0 Å². The van der Waals surface area contributed by atoms with Crippen LogP contribution in [0, 0.1) is 0 Å². The summed E-state index contributed by atoms with van der Waals surface area (Å²) in [6, 6.07) is 0. The monoisotopic (exact) mass is 240 g/mol. The quantitative estimate of drug-likeness (QED) is 0.789. The van der Waals surface area contributed by atoms with E-state index in [1.807, 2.05) is 0 Å². The highest BCUT2D eigenvalue weighted by molar-refractivity contribution is 4.97. The maximum atomic E-state index is 12.9. The Bertz CT molecular complexity index is 223. The third-order valence-electron chi connectivity index (χ3n) is 2.93. The van der Waals surface area contributed by atoms with Gasteiger partial charge in [-0.15, -0.1) is 0 Å². The number of ether oxygens (including phenoxy) is 1. The van der Waals surface area contributed by atoms with Gasteiger partial charge in [-0.05, 0) is 32.9 Å². The molecule has 0 aromatic carbocycles. The Hall–Kier alpha value is -0.330. The molecule has 96 valence electrons. The summed E-state index contributed by atoms with van der Waals surface area (Å²) in [4.78, 5) is 1.77. The summed E-state index contributed by atoms with van der Waals surface area (Å²) in [6.45, 7) is 3.16. The van der Waals surface area contributed by atoms with Crippen molar-refractivity contribution in [3.05, 3.63) is 0 Å². The van der Waals surface area contributed by atoms with Crippen molar-refractivity contribution in [2.75, 3.05) is 32.8 Å². The van der Waals surface area contributed by atoms with Crippen LogP contribution in [0.2, 0.25) is 0 Å². The van der Waals surface area contributed by atoms with Crippen molar-refractivity contribution < 1.29 is 17.9 Å². The number of rotatable bonds is 5. The number of alkyl halides is 3. The summed E-state index contributed by atoms with van der Waals surface area (Å²) in [5.74, 6) is 0. The van der Waals surface area contributed by atoms with Gasteiger partial charge in [0.05, 0.1) is 0 Å². The lowest BCUT2D eigenvalue weighted by Crippen LogP contribution is -2.50. The summed E-state index contributed by atoms with van der Waals surface area (Å²) in [7, 11) is 0. The molecule has 1 rings (SSSR count). The number of nitrogens with zero attached hydrogens (tertiary/aromatic N) is 1. The van der Waals surface area contributed by atoms with E-state index in [1.165, 1.54) is 0 Å². The molecular weight excluding hydrogens is 221 g/mol. The fourth-order valence-electron chi connectivity index (χ4n) is 2.07. The highest BCUT2D eigenvalue weighted by atomic mass is 19.4. The molecule has 1 heterocycles. The molecule has 2 N–H and O–H groups in total. The smallest absolute Gasteiger partial charge is 0.364 e. The van der Waals surface area contributed by atoms with Crippen LogP contribution in [0.25, 0.3) is 0 Å². The van der Waals surface area contributed by atoms with Crippen molar-refractivity contribution >= 4 is 0 Å². The van der Waals surface area contributed by atoms with Crippen LogP contribution < -0.4 is 5.73 Å². The fraction of sp³-hybridized carbons (Fsp3) is 1.00. The average Bonchev–Trinajstić information content (AvgIpc) is 2.59. The minimum absolute atomic E-state index is 0.0227. The highest BCUT2D eigenvalue weighted by Crippen LogP contribution is 2.40. The second kappa shape index (κ2) is 5.33. The minimum atomic E-state index is -4.29. The van der Waals surface area contributed by atoms with E-state index in [9.17, 15) is 13.2 Å². The molecule has 1 aliphatic heterocycles. The highest BCUT2D eigenvalue weighted by Gasteiger charge is 2.58. The Balaban J connectivity index is 2.62. The molecule has 0 aliphatic carbocycles. The van der Waals surface area contributed by atoms with Crippen LogP contribution in [-0.4, -0.2) is 49.5 Å². The lowest BCUT2D eigenvalue weighted by atomic mass is 10.0. The predicted octanol–water partition coefficient (Wildman–Crippen LogP) is 1.38. The molecule has 6 heteroatoms. The fourth-order valence-corrected chi connectivity index (χ4v) is 2.07. The molecule has 0 unspecified atom stereocenters. The first-order valence-corrected chi connectivity index (χ1v) is 5.58. The number of nitrogens with two attached hydrogens (primary N) is 1. The Morgan fingerprint density at radius 3 is 2.62 bits per heavy atom. The molecule has 0 saturated carbocycles. The lowest BCUT2D eigenvalue weighted by molar-refractivity contribution is -0.270. The molecule has 1 saturated heterocycles. The summed E-state index contributed by atoms with van der Waals surface area (Å²) < 4.78 is 43.7. The van der Waals surface area contributed by atoms with Gasteiger partial charge in [0.2, 0.25) is 0 Å². The number of hydrogen-bond donors (Lipinski definition) is 1. The maximum Gasteiger partial charge on any atom is 0.418 e. The topological polar surface area (TPSA) is 38.5 Å². The van der Waals surface area contributed by atoms with Crippen LogP contribution in [0.5, 0.6) is 0 Å². The van der Waals surface area contributed by atoms with Crippen molar-refractivity contribution in [2.45, 2.75) is 31.5 Å². The molecule has 0 aromatic heterocycles. The van der Waals surface area contributed by atoms with Crippen LogP contribution in [-0.2, 0) is 4.74 Å². The SMILES string of the molecule is CCO[C@@]1(C(F)(F)F)CCN(CCCN)C1.